The molecule has 1 heterocycles. The Morgan fingerprint density at radius 3 is 2.54 bits per heavy atom. The highest BCUT2D eigenvalue weighted by Crippen LogP contribution is 2.45. The first-order chi connectivity index (χ1) is 6.18. The molecule has 1 saturated heterocycles. The number of aliphatic hydroxyl groups is 1. The fourth-order valence-corrected chi connectivity index (χ4v) is 2.49. The fraction of sp³-hybridized carbons (Fsp3) is 1.00. The molecule has 13 heavy (non-hydrogen) atoms. The monoisotopic (exact) mass is 186 g/mol. The molecule has 0 amide bonds. The van der Waals surface area contributed by atoms with Crippen molar-refractivity contribution in [2.24, 2.45) is 5.41 Å². The molecular weight excluding hydrogens is 168 g/mol. The summed E-state index contributed by atoms with van der Waals surface area (Å²) in [6.45, 7) is 3.77. The predicted molar refractivity (Wildman–Crippen MR) is 48.3 cm³/mol. The van der Waals surface area contributed by atoms with Gasteiger partial charge in [-0.1, -0.05) is 6.92 Å². The second-order valence-electron chi connectivity index (χ2n) is 4.61. The van der Waals surface area contributed by atoms with Crippen LogP contribution in [0.3, 0.4) is 0 Å². The Morgan fingerprint density at radius 1 is 1.23 bits per heavy atom. The van der Waals surface area contributed by atoms with Gasteiger partial charge >= 0.3 is 0 Å². The number of hydrogen-bond donors (Lipinski definition) is 1. The van der Waals surface area contributed by atoms with Gasteiger partial charge in [0.1, 0.15) is 0 Å². The van der Waals surface area contributed by atoms with E-state index in [1.807, 2.05) is 0 Å². The van der Waals surface area contributed by atoms with Crippen molar-refractivity contribution < 1.29 is 14.6 Å². The summed E-state index contributed by atoms with van der Waals surface area (Å²) in [4.78, 5) is 0. The summed E-state index contributed by atoms with van der Waals surface area (Å²) < 4.78 is 11.3. The van der Waals surface area contributed by atoms with E-state index in [4.69, 9.17) is 9.47 Å². The minimum absolute atomic E-state index is 0.00257. The third-order valence-electron chi connectivity index (χ3n) is 3.23. The van der Waals surface area contributed by atoms with Crippen LogP contribution in [0.5, 0.6) is 0 Å². The van der Waals surface area contributed by atoms with Crippen LogP contribution in [0.25, 0.3) is 0 Å². The lowest BCUT2D eigenvalue weighted by atomic mass is 9.73. The molecule has 0 bridgehead atoms. The fourth-order valence-electron chi connectivity index (χ4n) is 2.49. The largest absolute Gasteiger partial charge is 0.396 e. The molecule has 1 atom stereocenters. The average molecular weight is 186 g/mol. The smallest absolute Gasteiger partial charge is 0.169 e. The molecule has 0 radical (unpaired) electrons. The van der Waals surface area contributed by atoms with Gasteiger partial charge in [0.15, 0.2) is 5.79 Å². The van der Waals surface area contributed by atoms with E-state index in [1.54, 1.807) is 0 Å². The zero-order chi connectivity index (χ0) is 9.36. The van der Waals surface area contributed by atoms with Gasteiger partial charge in [0.25, 0.3) is 0 Å². The second kappa shape index (κ2) is 3.23. The highest BCUT2D eigenvalue weighted by atomic mass is 16.7. The Labute approximate surface area is 79.0 Å². The predicted octanol–water partition coefficient (Wildman–Crippen LogP) is 1.30. The van der Waals surface area contributed by atoms with Crippen LogP contribution in [0.15, 0.2) is 0 Å². The summed E-state index contributed by atoms with van der Waals surface area (Å²) in [5.41, 5.74) is 0.00257. The maximum atomic E-state index is 9.28. The lowest BCUT2D eigenvalue weighted by Crippen LogP contribution is -2.42. The van der Waals surface area contributed by atoms with Crippen LogP contribution in [0, 0.1) is 5.41 Å². The van der Waals surface area contributed by atoms with E-state index < -0.39 is 0 Å². The second-order valence-corrected chi connectivity index (χ2v) is 4.61. The molecule has 0 aromatic rings. The quantitative estimate of drug-likeness (QED) is 0.671. The molecule has 1 unspecified atom stereocenters. The topological polar surface area (TPSA) is 38.7 Å². The summed E-state index contributed by atoms with van der Waals surface area (Å²) >= 11 is 0. The van der Waals surface area contributed by atoms with Gasteiger partial charge in [-0.25, -0.2) is 0 Å². The maximum absolute atomic E-state index is 9.28. The van der Waals surface area contributed by atoms with Gasteiger partial charge in [-0.15, -0.1) is 0 Å². The van der Waals surface area contributed by atoms with Crippen molar-refractivity contribution in [3.8, 4) is 0 Å². The third kappa shape index (κ3) is 1.73. The van der Waals surface area contributed by atoms with Crippen LogP contribution >= 0.6 is 0 Å². The van der Waals surface area contributed by atoms with Gasteiger partial charge in [0.2, 0.25) is 0 Å². The number of ether oxygens (including phenoxy) is 2. The van der Waals surface area contributed by atoms with E-state index in [1.165, 1.54) is 0 Å². The van der Waals surface area contributed by atoms with E-state index in [-0.39, 0.29) is 17.8 Å². The lowest BCUT2D eigenvalue weighted by molar-refractivity contribution is -0.204. The van der Waals surface area contributed by atoms with E-state index in [9.17, 15) is 5.11 Å². The van der Waals surface area contributed by atoms with Crippen LogP contribution in [0.1, 0.15) is 32.6 Å². The molecule has 1 spiro atoms. The van der Waals surface area contributed by atoms with Gasteiger partial charge in [-0.3, -0.25) is 0 Å². The van der Waals surface area contributed by atoms with Crippen LogP contribution in [0.4, 0.5) is 0 Å². The number of rotatable bonds is 1. The number of hydrogen-bond acceptors (Lipinski definition) is 3. The normalized spacial score (nSPS) is 38.3. The average Bonchev–Trinajstić information content (AvgIpc) is 2.53. The first kappa shape index (κ1) is 9.44. The molecule has 1 saturated carbocycles. The zero-order valence-electron chi connectivity index (χ0n) is 8.21. The lowest BCUT2D eigenvalue weighted by Gasteiger charge is -2.41. The molecule has 0 aromatic carbocycles. The van der Waals surface area contributed by atoms with Crippen LogP contribution in [-0.2, 0) is 9.47 Å². The Bertz CT molecular complexity index is 187. The minimum Gasteiger partial charge on any atom is -0.396 e. The molecule has 76 valence electrons. The van der Waals surface area contributed by atoms with Crippen molar-refractivity contribution in [3.63, 3.8) is 0 Å². The molecule has 2 fully saturated rings. The Kier molecular flexibility index (Phi) is 2.34. The summed E-state index contributed by atoms with van der Waals surface area (Å²) in [5, 5.41) is 9.28. The third-order valence-corrected chi connectivity index (χ3v) is 3.23. The van der Waals surface area contributed by atoms with Crippen molar-refractivity contribution >= 4 is 0 Å². The molecule has 2 rings (SSSR count). The number of aliphatic hydroxyl groups excluding tert-OH is 1. The first-order valence-electron chi connectivity index (χ1n) is 5.07. The molecular formula is C10H18O3. The Balaban J connectivity index is 2.06. The zero-order valence-corrected chi connectivity index (χ0v) is 8.21. The Morgan fingerprint density at radius 2 is 1.92 bits per heavy atom. The summed E-state index contributed by atoms with van der Waals surface area (Å²) in [5.74, 6) is -0.351. The molecule has 1 aliphatic carbocycles. The van der Waals surface area contributed by atoms with E-state index in [0.29, 0.717) is 13.2 Å². The summed E-state index contributed by atoms with van der Waals surface area (Å²) in [6.07, 6.45) is 4.01. The van der Waals surface area contributed by atoms with E-state index in [0.717, 1.165) is 25.7 Å². The van der Waals surface area contributed by atoms with Crippen LogP contribution in [-0.4, -0.2) is 30.7 Å². The highest BCUT2D eigenvalue weighted by Gasteiger charge is 2.45. The molecule has 1 N–H and O–H groups in total. The van der Waals surface area contributed by atoms with Gasteiger partial charge in [-0.05, 0) is 18.3 Å². The standard InChI is InChI=1S/C10H18O3/c1-9(8-11)3-2-4-10(7-9)12-5-6-13-10/h11H,2-8H2,1H3. The molecule has 2 aliphatic rings. The maximum Gasteiger partial charge on any atom is 0.169 e. The van der Waals surface area contributed by atoms with Gasteiger partial charge < -0.3 is 14.6 Å². The minimum atomic E-state index is -0.351. The molecule has 1 aliphatic heterocycles. The van der Waals surface area contributed by atoms with Crippen molar-refractivity contribution in [2.75, 3.05) is 19.8 Å². The Hall–Kier alpha value is -0.120. The van der Waals surface area contributed by atoms with Crippen molar-refractivity contribution in [2.45, 2.75) is 38.4 Å². The van der Waals surface area contributed by atoms with E-state index in [2.05, 4.69) is 6.92 Å². The van der Waals surface area contributed by atoms with Crippen LogP contribution in [0.2, 0.25) is 0 Å². The summed E-state index contributed by atoms with van der Waals surface area (Å²) in [6, 6.07) is 0. The van der Waals surface area contributed by atoms with E-state index >= 15 is 0 Å². The molecule has 0 aromatic heterocycles. The van der Waals surface area contributed by atoms with Crippen molar-refractivity contribution in [3.05, 3.63) is 0 Å². The van der Waals surface area contributed by atoms with Crippen molar-refractivity contribution in [1.29, 1.82) is 0 Å². The highest BCUT2D eigenvalue weighted by molar-refractivity contribution is 4.89. The summed E-state index contributed by atoms with van der Waals surface area (Å²) in [7, 11) is 0. The first-order valence-corrected chi connectivity index (χ1v) is 5.07. The SMILES string of the molecule is CC1(CO)CCCC2(C1)OCCO2. The van der Waals surface area contributed by atoms with Crippen molar-refractivity contribution in [1.82, 2.24) is 0 Å². The molecule has 3 nitrogen and oxygen atoms in total. The molecule has 3 heteroatoms. The van der Waals surface area contributed by atoms with Gasteiger partial charge in [0.05, 0.1) is 13.2 Å². The van der Waals surface area contributed by atoms with Crippen LogP contribution < -0.4 is 0 Å². The van der Waals surface area contributed by atoms with Gasteiger partial charge in [0, 0.05) is 19.4 Å². The van der Waals surface area contributed by atoms with Gasteiger partial charge in [-0.2, -0.15) is 0 Å².